The van der Waals surface area contributed by atoms with Gasteiger partial charge >= 0.3 is 0 Å². The van der Waals surface area contributed by atoms with Crippen molar-refractivity contribution in [3.05, 3.63) is 11.4 Å². The van der Waals surface area contributed by atoms with Crippen LogP contribution in [-0.4, -0.2) is 58.1 Å². The van der Waals surface area contributed by atoms with E-state index in [1.807, 2.05) is 18.7 Å². The average molecular weight is 277 g/mol. The van der Waals surface area contributed by atoms with Gasteiger partial charge in [0, 0.05) is 25.7 Å². The Hall–Kier alpha value is -1.56. The van der Waals surface area contributed by atoms with Gasteiger partial charge in [0.05, 0.1) is 11.4 Å². The molecule has 3 N–H and O–H groups in total. The normalized spacial score (nSPS) is 23.4. The number of nitrogens with zero attached hydrogens (tertiary/aromatic N) is 3. The maximum atomic E-state index is 12.6. The van der Waals surface area contributed by atoms with Crippen LogP contribution in [0, 0.1) is 0 Å². The number of piperazine rings is 1. The van der Waals surface area contributed by atoms with Crippen LogP contribution >= 0.6 is 0 Å². The van der Waals surface area contributed by atoms with Crippen molar-refractivity contribution >= 4 is 11.6 Å². The number of fused-ring (bicyclic) bond motifs is 1. The van der Waals surface area contributed by atoms with Crippen molar-refractivity contribution in [3.8, 4) is 0 Å². The van der Waals surface area contributed by atoms with Gasteiger partial charge in [0.15, 0.2) is 5.69 Å². The number of rotatable bonds is 2. The van der Waals surface area contributed by atoms with Crippen LogP contribution in [0.5, 0.6) is 0 Å². The van der Waals surface area contributed by atoms with Gasteiger partial charge in [-0.3, -0.25) is 14.8 Å². The van der Waals surface area contributed by atoms with Crippen LogP contribution < -0.4 is 5.73 Å². The van der Waals surface area contributed by atoms with Crippen LogP contribution in [0.3, 0.4) is 0 Å². The zero-order valence-electron chi connectivity index (χ0n) is 12.2. The molecular formula is C14H23N5O. The van der Waals surface area contributed by atoms with Gasteiger partial charge < -0.3 is 10.6 Å². The van der Waals surface area contributed by atoms with Crippen molar-refractivity contribution in [2.45, 2.75) is 38.6 Å². The second kappa shape index (κ2) is 5.09. The molecular weight excluding hydrogens is 254 g/mol. The zero-order chi connectivity index (χ0) is 14.3. The number of hydrogen-bond acceptors (Lipinski definition) is 4. The van der Waals surface area contributed by atoms with E-state index in [-0.39, 0.29) is 11.8 Å². The standard InChI is InChI=1S/C14H23N5O/c1-9(2)12-11(15)13(17-16-12)14(20)19-7-6-18-5-3-4-10(18)8-19/h9-10H,3-8,15H2,1-2H3,(H,16,17). The first kappa shape index (κ1) is 13.4. The fourth-order valence-electron chi connectivity index (χ4n) is 3.29. The van der Waals surface area contributed by atoms with E-state index in [0.717, 1.165) is 25.3 Å². The number of anilines is 1. The minimum Gasteiger partial charge on any atom is -0.395 e. The third-order valence-corrected chi connectivity index (χ3v) is 4.49. The molecule has 0 aliphatic carbocycles. The molecule has 6 nitrogen and oxygen atoms in total. The van der Waals surface area contributed by atoms with E-state index in [9.17, 15) is 4.79 Å². The van der Waals surface area contributed by atoms with Crippen LogP contribution in [-0.2, 0) is 0 Å². The van der Waals surface area contributed by atoms with Crippen molar-refractivity contribution in [3.63, 3.8) is 0 Å². The van der Waals surface area contributed by atoms with Crippen LogP contribution in [0.15, 0.2) is 0 Å². The Balaban J connectivity index is 1.76. The Morgan fingerprint density at radius 1 is 1.40 bits per heavy atom. The summed E-state index contributed by atoms with van der Waals surface area (Å²) in [5, 5.41) is 7.05. The highest BCUT2D eigenvalue weighted by atomic mass is 16.2. The Morgan fingerprint density at radius 2 is 2.20 bits per heavy atom. The Kier molecular flexibility index (Phi) is 3.41. The summed E-state index contributed by atoms with van der Waals surface area (Å²) < 4.78 is 0. The van der Waals surface area contributed by atoms with E-state index in [2.05, 4.69) is 15.1 Å². The van der Waals surface area contributed by atoms with Gasteiger partial charge in [-0.05, 0) is 25.3 Å². The summed E-state index contributed by atoms with van der Waals surface area (Å²) >= 11 is 0. The van der Waals surface area contributed by atoms with E-state index in [0.29, 0.717) is 17.4 Å². The Morgan fingerprint density at radius 3 is 2.90 bits per heavy atom. The fourth-order valence-corrected chi connectivity index (χ4v) is 3.29. The molecule has 2 saturated heterocycles. The molecule has 20 heavy (non-hydrogen) atoms. The van der Waals surface area contributed by atoms with E-state index >= 15 is 0 Å². The number of H-pyrrole nitrogens is 1. The first-order valence-corrected chi connectivity index (χ1v) is 7.45. The number of aromatic nitrogens is 2. The summed E-state index contributed by atoms with van der Waals surface area (Å²) in [7, 11) is 0. The molecule has 110 valence electrons. The van der Waals surface area contributed by atoms with Gasteiger partial charge in [-0.1, -0.05) is 13.8 Å². The highest BCUT2D eigenvalue weighted by molar-refractivity contribution is 5.97. The average Bonchev–Trinajstić information content (AvgIpc) is 3.03. The predicted molar refractivity (Wildman–Crippen MR) is 77.6 cm³/mol. The minimum absolute atomic E-state index is 0.0304. The summed E-state index contributed by atoms with van der Waals surface area (Å²) in [5.41, 5.74) is 7.82. The van der Waals surface area contributed by atoms with Crippen LogP contribution in [0.2, 0.25) is 0 Å². The third kappa shape index (κ3) is 2.18. The lowest BCUT2D eigenvalue weighted by Crippen LogP contribution is -2.52. The largest absolute Gasteiger partial charge is 0.395 e. The van der Waals surface area contributed by atoms with Crippen molar-refractivity contribution < 1.29 is 4.79 Å². The van der Waals surface area contributed by atoms with Crippen molar-refractivity contribution in [2.24, 2.45) is 0 Å². The van der Waals surface area contributed by atoms with Crippen LogP contribution in [0.25, 0.3) is 0 Å². The first-order valence-electron chi connectivity index (χ1n) is 7.45. The zero-order valence-corrected chi connectivity index (χ0v) is 12.2. The molecule has 0 aromatic carbocycles. The molecule has 1 unspecified atom stereocenters. The number of carbonyl (C=O) groups is 1. The molecule has 2 aliphatic rings. The molecule has 1 aromatic rings. The number of hydrogen-bond donors (Lipinski definition) is 2. The minimum atomic E-state index is -0.0304. The first-order chi connectivity index (χ1) is 9.58. The van der Waals surface area contributed by atoms with E-state index < -0.39 is 0 Å². The number of aromatic amines is 1. The van der Waals surface area contributed by atoms with Gasteiger partial charge in [0.2, 0.25) is 0 Å². The van der Waals surface area contributed by atoms with Gasteiger partial charge in [0.25, 0.3) is 5.91 Å². The van der Waals surface area contributed by atoms with Gasteiger partial charge in [0.1, 0.15) is 0 Å². The lowest BCUT2D eigenvalue weighted by molar-refractivity contribution is 0.0566. The summed E-state index contributed by atoms with van der Waals surface area (Å²) in [5.74, 6) is 0.216. The van der Waals surface area contributed by atoms with E-state index in [1.54, 1.807) is 0 Å². The Bertz CT molecular complexity index is 510. The molecule has 3 rings (SSSR count). The van der Waals surface area contributed by atoms with E-state index in [1.165, 1.54) is 19.4 Å². The maximum absolute atomic E-state index is 12.6. The fraction of sp³-hybridized carbons (Fsp3) is 0.714. The number of nitrogens with two attached hydrogens (primary N) is 1. The monoisotopic (exact) mass is 277 g/mol. The second-order valence-electron chi connectivity index (χ2n) is 6.14. The third-order valence-electron chi connectivity index (χ3n) is 4.49. The van der Waals surface area contributed by atoms with Gasteiger partial charge in [-0.2, -0.15) is 5.10 Å². The molecule has 2 aliphatic heterocycles. The second-order valence-corrected chi connectivity index (χ2v) is 6.14. The molecule has 6 heteroatoms. The SMILES string of the molecule is CC(C)c1[nH]nc(C(=O)N2CCN3CCCC3C2)c1N. The molecule has 1 aromatic heterocycles. The molecule has 1 amide bonds. The van der Waals surface area contributed by atoms with Gasteiger partial charge in [-0.15, -0.1) is 0 Å². The molecule has 2 fully saturated rings. The summed E-state index contributed by atoms with van der Waals surface area (Å²) in [6, 6.07) is 0.525. The topological polar surface area (TPSA) is 78.2 Å². The molecule has 0 bridgehead atoms. The molecule has 0 radical (unpaired) electrons. The molecule has 0 saturated carbocycles. The summed E-state index contributed by atoms with van der Waals surface area (Å²) in [6.07, 6.45) is 2.44. The van der Waals surface area contributed by atoms with Crippen molar-refractivity contribution in [2.75, 3.05) is 31.9 Å². The van der Waals surface area contributed by atoms with Crippen molar-refractivity contribution in [1.82, 2.24) is 20.0 Å². The predicted octanol–water partition coefficient (Wildman–Crippen LogP) is 1.04. The summed E-state index contributed by atoms with van der Waals surface area (Å²) in [6.45, 7) is 7.80. The van der Waals surface area contributed by atoms with Gasteiger partial charge in [-0.25, -0.2) is 0 Å². The molecule has 1 atom stereocenters. The lowest BCUT2D eigenvalue weighted by Gasteiger charge is -2.37. The quantitative estimate of drug-likeness (QED) is 0.846. The van der Waals surface area contributed by atoms with Crippen LogP contribution in [0.1, 0.15) is 48.8 Å². The highest BCUT2D eigenvalue weighted by Crippen LogP contribution is 2.26. The molecule has 3 heterocycles. The van der Waals surface area contributed by atoms with E-state index in [4.69, 9.17) is 5.73 Å². The molecule has 0 spiro atoms. The summed E-state index contributed by atoms with van der Waals surface area (Å²) in [4.78, 5) is 17.0. The lowest BCUT2D eigenvalue weighted by atomic mass is 10.1. The highest BCUT2D eigenvalue weighted by Gasteiger charge is 2.34. The van der Waals surface area contributed by atoms with Crippen molar-refractivity contribution in [1.29, 1.82) is 0 Å². The number of nitrogen functional groups attached to an aromatic ring is 1. The number of amides is 1. The Labute approximate surface area is 119 Å². The van der Waals surface area contributed by atoms with Crippen LogP contribution in [0.4, 0.5) is 5.69 Å². The maximum Gasteiger partial charge on any atom is 0.276 e. The number of nitrogens with one attached hydrogen (secondary N) is 1. The number of carbonyl (C=O) groups excluding carboxylic acids is 1. The smallest absolute Gasteiger partial charge is 0.276 e.